The van der Waals surface area contributed by atoms with E-state index in [1.807, 2.05) is 6.07 Å². The molecule has 2 rings (SSSR count). The Morgan fingerprint density at radius 1 is 1.38 bits per heavy atom. The summed E-state index contributed by atoms with van der Waals surface area (Å²) in [5.74, 6) is 0.357. The molecule has 0 saturated carbocycles. The Bertz CT molecular complexity index is 738. The molecule has 2 aromatic carbocycles. The van der Waals surface area contributed by atoms with Gasteiger partial charge in [-0.3, -0.25) is 10.1 Å². The fourth-order valence-corrected chi connectivity index (χ4v) is 2.05. The summed E-state index contributed by atoms with van der Waals surface area (Å²) in [6, 6.07) is 11.5. The summed E-state index contributed by atoms with van der Waals surface area (Å²) in [6.07, 6.45) is 0. The van der Waals surface area contributed by atoms with Crippen molar-refractivity contribution in [1.29, 1.82) is 5.26 Å². The van der Waals surface area contributed by atoms with Gasteiger partial charge in [0.05, 0.1) is 10.5 Å². The van der Waals surface area contributed by atoms with Crippen molar-refractivity contribution in [1.82, 2.24) is 0 Å². The lowest BCUT2D eigenvalue weighted by Gasteiger charge is -2.10. The van der Waals surface area contributed by atoms with E-state index in [2.05, 4.69) is 0 Å². The van der Waals surface area contributed by atoms with Gasteiger partial charge in [-0.05, 0) is 24.6 Å². The lowest BCUT2D eigenvalue weighted by atomic mass is 10.1. The van der Waals surface area contributed by atoms with E-state index < -0.39 is 4.92 Å². The van der Waals surface area contributed by atoms with Crippen molar-refractivity contribution in [2.45, 2.75) is 13.5 Å². The molecule has 21 heavy (non-hydrogen) atoms. The SMILES string of the molecule is Cc1c(COc2cc(Cl)ccc2C#N)cccc1[N+](=O)[O-]. The summed E-state index contributed by atoms with van der Waals surface area (Å²) in [6.45, 7) is 1.79. The standard InChI is InChI=1S/C15H11ClN2O3/c1-10-12(3-2-4-14(10)18(19)20)9-21-15-7-13(16)6-5-11(15)8-17/h2-7H,9H2,1H3. The molecule has 0 heterocycles. The Morgan fingerprint density at radius 3 is 2.81 bits per heavy atom. The highest BCUT2D eigenvalue weighted by atomic mass is 35.5. The van der Waals surface area contributed by atoms with Gasteiger partial charge in [0, 0.05) is 22.7 Å². The first-order valence-electron chi connectivity index (χ1n) is 6.08. The predicted molar refractivity (Wildman–Crippen MR) is 78.3 cm³/mol. The van der Waals surface area contributed by atoms with Crippen LogP contribution in [0.2, 0.25) is 5.02 Å². The molecule has 0 radical (unpaired) electrons. The van der Waals surface area contributed by atoms with Gasteiger partial charge >= 0.3 is 0 Å². The van der Waals surface area contributed by atoms with Crippen molar-refractivity contribution < 1.29 is 9.66 Å². The first-order chi connectivity index (χ1) is 10.0. The van der Waals surface area contributed by atoms with Crippen molar-refractivity contribution in [3.63, 3.8) is 0 Å². The maximum Gasteiger partial charge on any atom is 0.272 e. The number of halogens is 1. The van der Waals surface area contributed by atoms with Gasteiger partial charge in [0.1, 0.15) is 18.4 Å². The van der Waals surface area contributed by atoms with Crippen LogP contribution in [0.5, 0.6) is 5.75 Å². The summed E-state index contributed by atoms with van der Waals surface area (Å²) >= 11 is 5.87. The number of ether oxygens (including phenoxy) is 1. The quantitative estimate of drug-likeness (QED) is 0.631. The zero-order valence-corrected chi connectivity index (χ0v) is 11.9. The van der Waals surface area contributed by atoms with Gasteiger partial charge in [-0.1, -0.05) is 23.7 Å². The summed E-state index contributed by atoms with van der Waals surface area (Å²) in [5.41, 5.74) is 1.64. The van der Waals surface area contributed by atoms with Gasteiger partial charge in [0.25, 0.3) is 5.69 Å². The van der Waals surface area contributed by atoms with Gasteiger partial charge < -0.3 is 4.74 Å². The van der Waals surface area contributed by atoms with Gasteiger partial charge in [-0.2, -0.15) is 5.26 Å². The second kappa shape index (κ2) is 6.25. The van der Waals surface area contributed by atoms with Gasteiger partial charge in [-0.25, -0.2) is 0 Å². The Kier molecular flexibility index (Phi) is 4.41. The molecule has 0 aliphatic rings. The fourth-order valence-electron chi connectivity index (χ4n) is 1.89. The van der Waals surface area contributed by atoms with Crippen molar-refractivity contribution in [2.75, 3.05) is 0 Å². The summed E-state index contributed by atoms with van der Waals surface area (Å²) in [7, 11) is 0. The zero-order chi connectivity index (χ0) is 15.4. The van der Waals surface area contributed by atoms with Crippen LogP contribution < -0.4 is 4.74 Å². The van der Waals surface area contributed by atoms with E-state index in [1.165, 1.54) is 6.07 Å². The van der Waals surface area contributed by atoms with E-state index >= 15 is 0 Å². The highest BCUT2D eigenvalue weighted by Gasteiger charge is 2.14. The number of nitro benzene ring substituents is 1. The summed E-state index contributed by atoms with van der Waals surface area (Å²) < 4.78 is 5.58. The van der Waals surface area contributed by atoms with Crippen LogP contribution in [0.25, 0.3) is 0 Å². The van der Waals surface area contributed by atoms with Gasteiger partial charge in [0.15, 0.2) is 0 Å². The van der Waals surface area contributed by atoms with Crippen molar-refractivity contribution in [3.05, 3.63) is 68.2 Å². The Morgan fingerprint density at radius 2 is 2.14 bits per heavy atom. The number of hydrogen-bond acceptors (Lipinski definition) is 4. The Balaban J connectivity index is 2.25. The van der Waals surface area contributed by atoms with E-state index in [9.17, 15) is 10.1 Å². The molecule has 2 aromatic rings. The fraction of sp³-hybridized carbons (Fsp3) is 0.133. The first-order valence-corrected chi connectivity index (χ1v) is 6.46. The van der Waals surface area contributed by atoms with Crippen LogP contribution in [0, 0.1) is 28.4 Å². The van der Waals surface area contributed by atoms with Crippen LogP contribution in [0.4, 0.5) is 5.69 Å². The smallest absolute Gasteiger partial charge is 0.272 e. The van der Waals surface area contributed by atoms with Crippen LogP contribution in [0.1, 0.15) is 16.7 Å². The maximum absolute atomic E-state index is 10.9. The van der Waals surface area contributed by atoms with Crippen molar-refractivity contribution in [3.8, 4) is 11.8 Å². The summed E-state index contributed by atoms with van der Waals surface area (Å²) in [5, 5.41) is 20.4. The van der Waals surface area contributed by atoms with E-state index in [-0.39, 0.29) is 12.3 Å². The molecule has 0 amide bonds. The number of nitro groups is 1. The lowest BCUT2D eigenvalue weighted by molar-refractivity contribution is -0.385. The topological polar surface area (TPSA) is 76.2 Å². The second-order valence-electron chi connectivity index (χ2n) is 4.36. The molecule has 6 heteroatoms. The van der Waals surface area contributed by atoms with E-state index in [4.69, 9.17) is 21.6 Å². The largest absolute Gasteiger partial charge is 0.487 e. The minimum Gasteiger partial charge on any atom is -0.487 e. The maximum atomic E-state index is 10.9. The van der Waals surface area contributed by atoms with Gasteiger partial charge in [0.2, 0.25) is 0 Å². The average Bonchev–Trinajstić information content (AvgIpc) is 2.46. The average molecular weight is 303 g/mol. The minimum absolute atomic E-state index is 0.0442. The monoisotopic (exact) mass is 302 g/mol. The molecule has 0 aliphatic carbocycles. The molecule has 0 fully saturated rings. The molecular formula is C15H11ClN2O3. The molecule has 0 atom stereocenters. The van der Waals surface area contributed by atoms with Gasteiger partial charge in [-0.15, -0.1) is 0 Å². The molecule has 0 saturated heterocycles. The molecule has 0 spiro atoms. The molecule has 0 aromatic heterocycles. The molecule has 5 nitrogen and oxygen atoms in total. The van der Waals surface area contributed by atoms with Crippen LogP contribution >= 0.6 is 11.6 Å². The number of benzene rings is 2. The molecule has 0 unspecified atom stereocenters. The van der Waals surface area contributed by atoms with Crippen LogP contribution in [0.3, 0.4) is 0 Å². The normalized spacial score (nSPS) is 9.95. The van der Waals surface area contributed by atoms with Crippen molar-refractivity contribution in [2.24, 2.45) is 0 Å². The number of hydrogen-bond donors (Lipinski definition) is 0. The van der Waals surface area contributed by atoms with Crippen LogP contribution in [-0.2, 0) is 6.61 Å². The van der Waals surface area contributed by atoms with Crippen molar-refractivity contribution >= 4 is 17.3 Å². The molecular weight excluding hydrogens is 292 g/mol. The first kappa shape index (κ1) is 14.8. The number of nitriles is 1. The Hall–Kier alpha value is -2.58. The molecule has 0 N–H and O–H groups in total. The predicted octanol–water partition coefficient (Wildman–Crippen LogP) is 4.01. The highest BCUT2D eigenvalue weighted by Crippen LogP contribution is 2.26. The van der Waals surface area contributed by atoms with Crippen LogP contribution in [0.15, 0.2) is 36.4 Å². The number of rotatable bonds is 4. The number of nitrogens with zero attached hydrogens (tertiary/aromatic N) is 2. The molecule has 0 aliphatic heterocycles. The molecule has 0 bridgehead atoms. The van der Waals surface area contributed by atoms with Crippen LogP contribution in [-0.4, -0.2) is 4.92 Å². The Labute approximate surface area is 126 Å². The van der Waals surface area contributed by atoms with E-state index in [1.54, 1.807) is 37.3 Å². The van der Waals surface area contributed by atoms with E-state index in [0.717, 1.165) is 0 Å². The summed E-state index contributed by atoms with van der Waals surface area (Å²) in [4.78, 5) is 10.5. The van der Waals surface area contributed by atoms with E-state index in [0.29, 0.717) is 27.5 Å². The third-order valence-electron chi connectivity index (χ3n) is 3.06. The second-order valence-corrected chi connectivity index (χ2v) is 4.80. The third-order valence-corrected chi connectivity index (χ3v) is 3.30. The highest BCUT2D eigenvalue weighted by molar-refractivity contribution is 6.30. The molecule has 106 valence electrons. The minimum atomic E-state index is -0.432. The zero-order valence-electron chi connectivity index (χ0n) is 11.2. The third kappa shape index (κ3) is 3.30. The lowest BCUT2D eigenvalue weighted by Crippen LogP contribution is -2.02.